The Morgan fingerprint density at radius 1 is 1.38 bits per heavy atom. The summed E-state index contributed by atoms with van der Waals surface area (Å²) in [7, 11) is 0. The molecule has 0 spiro atoms. The molecule has 1 aromatic carbocycles. The van der Waals surface area contributed by atoms with Gasteiger partial charge in [-0.15, -0.1) is 0 Å². The van der Waals surface area contributed by atoms with Gasteiger partial charge in [0.05, 0.1) is 18.1 Å². The third kappa shape index (κ3) is 3.94. The van der Waals surface area contributed by atoms with Crippen molar-refractivity contribution in [2.45, 2.75) is 24.5 Å². The van der Waals surface area contributed by atoms with Gasteiger partial charge in [0.25, 0.3) is 0 Å². The Bertz CT molecular complexity index is 793. The number of hydrogen-bond donors (Lipinski definition) is 2. The molecule has 1 fully saturated rings. The van der Waals surface area contributed by atoms with E-state index in [0.717, 1.165) is 29.5 Å². The number of thiol groups is 1. The molecule has 6 heteroatoms. The van der Waals surface area contributed by atoms with Crippen molar-refractivity contribution in [2.24, 2.45) is 5.41 Å². The normalized spacial score (nSPS) is 15.7. The zero-order valence-corrected chi connectivity index (χ0v) is 16.2. The Kier molecular flexibility index (Phi) is 6.33. The first kappa shape index (κ1) is 19.3. The van der Waals surface area contributed by atoms with E-state index in [2.05, 4.69) is 11.1 Å². The second kappa shape index (κ2) is 7.88. The van der Waals surface area contributed by atoms with Crippen LogP contribution in [0.5, 0.6) is 0 Å². The number of aromatic nitrogens is 1. The van der Waals surface area contributed by atoms with Crippen LogP contribution in [0.25, 0.3) is 11.1 Å². The molecule has 0 amide bonds. The van der Waals surface area contributed by atoms with E-state index in [-0.39, 0.29) is 57.7 Å². The van der Waals surface area contributed by atoms with E-state index < -0.39 is 5.97 Å². The first-order valence-corrected chi connectivity index (χ1v) is 7.92. The number of carboxylic acid groups (broad SMARTS) is 1. The van der Waals surface area contributed by atoms with Gasteiger partial charge in [0, 0.05) is 23.2 Å². The fourth-order valence-electron chi connectivity index (χ4n) is 2.95. The fraction of sp³-hybridized carbons (Fsp3) is 0.278. The van der Waals surface area contributed by atoms with Gasteiger partial charge in [-0.25, -0.2) is 0 Å². The number of carbonyl (C=O) groups is 1. The molecule has 1 aromatic heterocycles. The van der Waals surface area contributed by atoms with E-state index in [1.165, 1.54) is 0 Å². The molecule has 1 saturated carbocycles. The van der Waals surface area contributed by atoms with Crippen molar-refractivity contribution in [3.05, 3.63) is 53.9 Å². The SMILES string of the molecule is N#Cc1ccc(-c2cnccc2C(S)C2(CC(=O)O)CC2)cc1.[Ca+2].[H-].[H-]. The molecule has 1 aliphatic carbocycles. The van der Waals surface area contributed by atoms with Gasteiger partial charge < -0.3 is 7.96 Å². The fourth-order valence-corrected chi connectivity index (χ4v) is 3.52. The quantitative estimate of drug-likeness (QED) is 0.625. The van der Waals surface area contributed by atoms with Crippen LogP contribution < -0.4 is 0 Å². The Hall–Kier alpha value is -1.06. The third-order valence-corrected chi connectivity index (χ3v) is 5.28. The largest absolute Gasteiger partial charge is 2.00 e. The average molecular weight is 366 g/mol. The zero-order chi connectivity index (χ0) is 16.4. The monoisotopic (exact) mass is 366 g/mol. The minimum atomic E-state index is -0.782. The van der Waals surface area contributed by atoms with Gasteiger partial charge in [-0.1, -0.05) is 12.1 Å². The predicted molar refractivity (Wildman–Crippen MR) is 98.0 cm³/mol. The standard InChI is InChI=1S/C18H16N2O2S.Ca.2H/c19-10-12-1-3-13(4-2-12)15-11-20-8-5-14(15)17(23)18(6-7-18)9-16(21)22;;;/h1-5,8,11,17,23H,6-7,9H2,(H,21,22);;;/q;+2;2*-1. The minimum absolute atomic E-state index is 0. The van der Waals surface area contributed by atoms with Crippen LogP contribution in [0, 0.1) is 16.7 Å². The number of nitrogens with zero attached hydrogens (tertiary/aromatic N) is 2. The first-order chi connectivity index (χ1) is 11.1. The summed E-state index contributed by atoms with van der Waals surface area (Å²) in [5.41, 5.74) is 3.22. The summed E-state index contributed by atoms with van der Waals surface area (Å²) in [5, 5.41) is 17.9. The maximum absolute atomic E-state index is 11.1. The summed E-state index contributed by atoms with van der Waals surface area (Å²) < 4.78 is 0. The summed E-state index contributed by atoms with van der Waals surface area (Å²) in [4.78, 5) is 15.3. The van der Waals surface area contributed by atoms with E-state index in [1.54, 1.807) is 24.5 Å². The Morgan fingerprint density at radius 3 is 2.58 bits per heavy atom. The number of rotatable bonds is 5. The molecular formula is C18H18CaN2O2S. The molecule has 0 saturated heterocycles. The van der Waals surface area contributed by atoms with E-state index in [1.807, 2.05) is 18.2 Å². The van der Waals surface area contributed by atoms with Crippen LogP contribution in [-0.4, -0.2) is 53.8 Å². The molecule has 0 radical (unpaired) electrons. The summed E-state index contributed by atoms with van der Waals surface area (Å²) >= 11 is 4.75. The molecule has 0 bridgehead atoms. The molecule has 1 N–H and O–H groups in total. The second-order valence-electron chi connectivity index (χ2n) is 5.99. The van der Waals surface area contributed by atoms with Crippen LogP contribution in [0.15, 0.2) is 42.7 Å². The van der Waals surface area contributed by atoms with Gasteiger partial charge in [-0.3, -0.25) is 9.78 Å². The topological polar surface area (TPSA) is 74.0 Å². The molecule has 1 aliphatic rings. The van der Waals surface area contributed by atoms with Gasteiger partial charge in [0.1, 0.15) is 0 Å². The van der Waals surface area contributed by atoms with Crippen molar-refractivity contribution < 1.29 is 12.8 Å². The molecule has 1 unspecified atom stereocenters. The number of nitriles is 1. The van der Waals surface area contributed by atoms with Crippen molar-refractivity contribution in [2.75, 3.05) is 0 Å². The van der Waals surface area contributed by atoms with Crippen LogP contribution in [0.1, 0.15) is 38.5 Å². The average Bonchev–Trinajstić information content (AvgIpc) is 3.34. The molecule has 1 heterocycles. The van der Waals surface area contributed by atoms with Gasteiger partial charge in [-0.2, -0.15) is 17.9 Å². The van der Waals surface area contributed by atoms with Crippen molar-refractivity contribution in [1.82, 2.24) is 4.98 Å². The van der Waals surface area contributed by atoms with Gasteiger partial charge >= 0.3 is 43.7 Å². The van der Waals surface area contributed by atoms with Crippen LogP contribution in [-0.2, 0) is 4.79 Å². The van der Waals surface area contributed by atoms with Crippen LogP contribution in [0.4, 0.5) is 0 Å². The van der Waals surface area contributed by atoms with E-state index in [9.17, 15) is 4.79 Å². The third-order valence-electron chi connectivity index (χ3n) is 4.45. The molecule has 1 atom stereocenters. The van der Waals surface area contributed by atoms with Crippen LogP contribution >= 0.6 is 12.6 Å². The van der Waals surface area contributed by atoms with Crippen molar-refractivity contribution >= 4 is 56.3 Å². The second-order valence-corrected chi connectivity index (χ2v) is 6.50. The van der Waals surface area contributed by atoms with Crippen LogP contribution in [0.2, 0.25) is 0 Å². The van der Waals surface area contributed by atoms with E-state index >= 15 is 0 Å². The predicted octanol–water partition coefficient (Wildman–Crippen LogP) is 3.69. The maximum Gasteiger partial charge on any atom is 2.00 e. The molecule has 4 nitrogen and oxygen atoms in total. The Morgan fingerprint density at radius 2 is 2.04 bits per heavy atom. The number of aliphatic carboxylic acids is 1. The molecule has 0 aliphatic heterocycles. The van der Waals surface area contributed by atoms with E-state index in [0.29, 0.717) is 5.56 Å². The smallest absolute Gasteiger partial charge is 1.00 e. The molecule has 24 heavy (non-hydrogen) atoms. The zero-order valence-electron chi connectivity index (χ0n) is 15.1. The van der Waals surface area contributed by atoms with Gasteiger partial charge in [0.2, 0.25) is 0 Å². The molecular weight excluding hydrogens is 348 g/mol. The number of carboxylic acids is 1. The van der Waals surface area contributed by atoms with E-state index in [4.69, 9.17) is 23.0 Å². The first-order valence-electron chi connectivity index (χ1n) is 7.40. The summed E-state index contributed by atoms with van der Waals surface area (Å²) in [6.07, 6.45) is 5.38. The number of pyridine rings is 1. The maximum atomic E-state index is 11.1. The van der Waals surface area contributed by atoms with Gasteiger partial charge in [-0.05, 0) is 47.6 Å². The summed E-state index contributed by atoms with van der Waals surface area (Å²) in [6.45, 7) is 0. The minimum Gasteiger partial charge on any atom is -1.00 e. The summed E-state index contributed by atoms with van der Waals surface area (Å²) in [5.74, 6) is -0.782. The Labute approximate surface area is 179 Å². The van der Waals surface area contributed by atoms with Crippen molar-refractivity contribution in [3.8, 4) is 17.2 Å². The van der Waals surface area contributed by atoms with Crippen LogP contribution in [0.3, 0.4) is 0 Å². The van der Waals surface area contributed by atoms with Crippen molar-refractivity contribution in [3.63, 3.8) is 0 Å². The Balaban J connectivity index is 0.00000208. The summed E-state index contributed by atoms with van der Waals surface area (Å²) in [6, 6.07) is 11.3. The van der Waals surface area contributed by atoms with Crippen molar-refractivity contribution in [1.29, 1.82) is 5.26 Å². The molecule has 3 rings (SSSR count). The number of benzene rings is 1. The number of hydrogen-bond acceptors (Lipinski definition) is 4. The van der Waals surface area contributed by atoms with Gasteiger partial charge in [0.15, 0.2) is 0 Å². The molecule has 2 aromatic rings. The molecule has 120 valence electrons.